The first-order valence-corrected chi connectivity index (χ1v) is 13.1. The fourth-order valence-electron chi connectivity index (χ4n) is 4.33. The standard InChI is InChI=1S/C32H37NO4/c1-3-13-31(34)33(23-12-16-26-15-11-21-29(25-26)36-37-32(35)14-4-2)24-22-30(27-17-7-5-8-18-27)28-19-9-6-10-20-28/h3,5-11,13,15,17-21,25,30H,4,12,14,16,22-24H2,1-2H3. The van der Waals surface area contributed by atoms with Crippen molar-refractivity contribution in [3.8, 4) is 5.75 Å². The molecule has 0 saturated heterocycles. The first kappa shape index (κ1) is 27.7. The molecule has 3 aromatic rings. The fourth-order valence-corrected chi connectivity index (χ4v) is 4.33. The van der Waals surface area contributed by atoms with E-state index in [0.717, 1.165) is 24.8 Å². The molecule has 3 aromatic carbocycles. The highest BCUT2D eigenvalue weighted by molar-refractivity contribution is 5.87. The highest BCUT2D eigenvalue weighted by Crippen LogP contribution is 2.28. The van der Waals surface area contributed by atoms with Crippen LogP contribution in [-0.4, -0.2) is 29.9 Å². The zero-order valence-corrected chi connectivity index (χ0v) is 21.8. The van der Waals surface area contributed by atoms with Gasteiger partial charge in [0.1, 0.15) is 0 Å². The van der Waals surface area contributed by atoms with Crippen LogP contribution < -0.4 is 4.89 Å². The van der Waals surface area contributed by atoms with E-state index in [0.29, 0.717) is 31.7 Å². The fraction of sp³-hybridized carbons (Fsp3) is 0.312. The van der Waals surface area contributed by atoms with Gasteiger partial charge in [-0.25, -0.2) is 4.79 Å². The first-order chi connectivity index (χ1) is 18.1. The zero-order valence-electron chi connectivity index (χ0n) is 21.8. The third-order valence-corrected chi connectivity index (χ3v) is 6.19. The van der Waals surface area contributed by atoms with Gasteiger partial charge in [0, 0.05) is 25.4 Å². The summed E-state index contributed by atoms with van der Waals surface area (Å²) in [4.78, 5) is 36.4. The van der Waals surface area contributed by atoms with E-state index in [1.807, 2.05) is 49.1 Å². The average molecular weight is 500 g/mol. The molecular weight excluding hydrogens is 462 g/mol. The van der Waals surface area contributed by atoms with Crippen LogP contribution in [0.2, 0.25) is 0 Å². The summed E-state index contributed by atoms with van der Waals surface area (Å²) in [5.74, 6) is 0.363. The molecule has 0 N–H and O–H groups in total. The van der Waals surface area contributed by atoms with Crippen LogP contribution in [0.4, 0.5) is 0 Å². The molecule has 0 unspecified atom stereocenters. The van der Waals surface area contributed by atoms with Crippen molar-refractivity contribution in [3.05, 3.63) is 114 Å². The van der Waals surface area contributed by atoms with Gasteiger partial charge < -0.3 is 4.90 Å². The van der Waals surface area contributed by atoms with Crippen LogP contribution in [0.5, 0.6) is 5.75 Å². The maximum atomic E-state index is 12.9. The van der Waals surface area contributed by atoms with Gasteiger partial charge in [0.15, 0.2) is 5.75 Å². The molecule has 37 heavy (non-hydrogen) atoms. The number of carbonyl (C=O) groups excluding carboxylic acids is 2. The first-order valence-electron chi connectivity index (χ1n) is 13.1. The van der Waals surface area contributed by atoms with Crippen LogP contribution in [0.1, 0.15) is 62.1 Å². The Labute approximate surface area is 220 Å². The molecular formula is C32H37NO4. The predicted octanol–water partition coefficient (Wildman–Crippen LogP) is 6.88. The van der Waals surface area contributed by atoms with Crippen molar-refractivity contribution in [1.29, 1.82) is 0 Å². The summed E-state index contributed by atoms with van der Waals surface area (Å²) in [5.41, 5.74) is 3.57. The van der Waals surface area contributed by atoms with Crippen molar-refractivity contribution in [3.63, 3.8) is 0 Å². The van der Waals surface area contributed by atoms with E-state index in [1.54, 1.807) is 18.2 Å². The van der Waals surface area contributed by atoms with Crippen LogP contribution in [0, 0.1) is 0 Å². The average Bonchev–Trinajstić information content (AvgIpc) is 2.93. The Morgan fingerprint density at radius 2 is 1.57 bits per heavy atom. The Morgan fingerprint density at radius 3 is 2.19 bits per heavy atom. The summed E-state index contributed by atoms with van der Waals surface area (Å²) < 4.78 is 0. The number of amides is 1. The molecule has 0 spiro atoms. The van der Waals surface area contributed by atoms with Gasteiger partial charge in [-0.3, -0.25) is 14.6 Å². The Hall–Kier alpha value is -3.86. The molecule has 0 heterocycles. The number of rotatable bonds is 14. The summed E-state index contributed by atoms with van der Waals surface area (Å²) in [6.07, 6.45) is 6.89. The lowest BCUT2D eigenvalue weighted by molar-refractivity contribution is -0.213. The van der Waals surface area contributed by atoms with Crippen molar-refractivity contribution in [2.45, 2.75) is 51.9 Å². The van der Waals surface area contributed by atoms with Gasteiger partial charge in [0.2, 0.25) is 5.91 Å². The zero-order chi connectivity index (χ0) is 26.3. The SMILES string of the molecule is CC=CC(=O)N(CCCc1cccc(OOC(=O)CCC)c1)CCC(c1ccccc1)c1ccccc1. The van der Waals surface area contributed by atoms with E-state index in [2.05, 4.69) is 48.5 Å². The van der Waals surface area contributed by atoms with Gasteiger partial charge in [-0.1, -0.05) is 85.8 Å². The Morgan fingerprint density at radius 1 is 0.892 bits per heavy atom. The lowest BCUT2D eigenvalue weighted by atomic mass is 9.88. The molecule has 3 rings (SSSR count). The minimum atomic E-state index is -0.379. The Kier molecular flexibility index (Phi) is 11.5. The van der Waals surface area contributed by atoms with Crippen molar-refractivity contribution in [2.24, 2.45) is 0 Å². The third-order valence-electron chi connectivity index (χ3n) is 6.19. The number of nitrogens with zero attached hydrogens (tertiary/aromatic N) is 1. The van der Waals surface area contributed by atoms with Crippen LogP contribution in [-0.2, 0) is 20.9 Å². The molecule has 0 saturated carbocycles. The summed E-state index contributed by atoms with van der Waals surface area (Å²) in [6.45, 7) is 5.09. The highest BCUT2D eigenvalue weighted by Gasteiger charge is 2.18. The Bertz CT molecular complexity index is 1090. The monoisotopic (exact) mass is 499 g/mol. The molecule has 0 aromatic heterocycles. The molecule has 194 valence electrons. The van der Waals surface area contributed by atoms with E-state index in [1.165, 1.54) is 11.1 Å². The van der Waals surface area contributed by atoms with E-state index in [-0.39, 0.29) is 17.8 Å². The van der Waals surface area contributed by atoms with Crippen molar-refractivity contribution >= 4 is 11.9 Å². The third kappa shape index (κ3) is 9.26. The molecule has 0 aliphatic heterocycles. The number of hydrogen-bond donors (Lipinski definition) is 0. The number of carbonyl (C=O) groups is 2. The van der Waals surface area contributed by atoms with Gasteiger partial charge in [-0.15, -0.1) is 0 Å². The predicted molar refractivity (Wildman–Crippen MR) is 147 cm³/mol. The number of benzene rings is 3. The second kappa shape index (κ2) is 15.3. The highest BCUT2D eigenvalue weighted by atomic mass is 17.2. The van der Waals surface area contributed by atoms with Gasteiger partial charge >= 0.3 is 5.97 Å². The second-order valence-corrected chi connectivity index (χ2v) is 9.03. The quantitative estimate of drug-likeness (QED) is 0.138. The van der Waals surface area contributed by atoms with Crippen molar-refractivity contribution < 1.29 is 19.4 Å². The molecule has 0 atom stereocenters. The maximum absolute atomic E-state index is 12.9. The summed E-state index contributed by atoms with van der Waals surface area (Å²) in [6, 6.07) is 28.5. The minimum absolute atomic E-state index is 0.0299. The summed E-state index contributed by atoms with van der Waals surface area (Å²) >= 11 is 0. The van der Waals surface area contributed by atoms with Gasteiger partial charge in [0.05, 0.1) is 0 Å². The van der Waals surface area contributed by atoms with Crippen molar-refractivity contribution in [1.82, 2.24) is 4.90 Å². The lowest BCUT2D eigenvalue weighted by Crippen LogP contribution is -2.32. The largest absolute Gasteiger partial charge is 0.355 e. The molecule has 0 radical (unpaired) electrons. The van der Waals surface area contributed by atoms with Crippen LogP contribution in [0.3, 0.4) is 0 Å². The smallest absolute Gasteiger partial charge is 0.339 e. The van der Waals surface area contributed by atoms with Gasteiger partial charge in [0.25, 0.3) is 0 Å². The van der Waals surface area contributed by atoms with E-state index in [4.69, 9.17) is 9.78 Å². The van der Waals surface area contributed by atoms with E-state index < -0.39 is 0 Å². The van der Waals surface area contributed by atoms with E-state index in [9.17, 15) is 9.59 Å². The Balaban J connectivity index is 1.62. The van der Waals surface area contributed by atoms with E-state index >= 15 is 0 Å². The number of allylic oxidation sites excluding steroid dienone is 1. The number of hydrogen-bond acceptors (Lipinski definition) is 4. The van der Waals surface area contributed by atoms with Crippen molar-refractivity contribution in [2.75, 3.05) is 13.1 Å². The second-order valence-electron chi connectivity index (χ2n) is 9.03. The molecule has 0 fully saturated rings. The normalized spacial score (nSPS) is 11.0. The molecule has 0 bridgehead atoms. The number of aryl methyl sites for hydroxylation is 1. The van der Waals surface area contributed by atoms with Crippen LogP contribution in [0.25, 0.3) is 0 Å². The molecule has 1 amide bonds. The maximum Gasteiger partial charge on any atom is 0.355 e. The summed E-state index contributed by atoms with van der Waals surface area (Å²) in [5, 5.41) is 0. The minimum Gasteiger partial charge on any atom is -0.339 e. The molecule has 0 aliphatic carbocycles. The summed E-state index contributed by atoms with van der Waals surface area (Å²) in [7, 11) is 0. The van der Waals surface area contributed by atoms with Crippen LogP contribution in [0.15, 0.2) is 97.1 Å². The van der Waals surface area contributed by atoms with Gasteiger partial charge in [-0.05, 0) is 67.5 Å². The lowest BCUT2D eigenvalue weighted by Gasteiger charge is -2.25. The van der Waals surface area contributed by atoms with Gasteiger partial charge in [-0.2, -0.15) is 0 Å². The molecule has 5 nitrogen and oxygen atoms in total. The topological polar surface area (TPSA) is 55.8 Å². The molecule has 5 heteroatoms. The van der Waals surface area contributed by atoms with Crippen LogP contribution >= 0.6 is 0 Å². The molecule has 0 aliphatic rings.